The molecule has 3 atom stereocenters. The van der Waals surface area contributed by atoms with Gasteiger partial charge in [-0.3, -0.25) is 9.59 Å². The standard InChI is InChI=1S/C18H22F3NO3/c1-11(2)13(12-6-4-3-5-7-12)8-16(23)22-9-14(17(24)25)15(10-22)18(19,20)21/h3-7,11,13-15H,8-10H2,1-2H3,(H,24,25)/t13?,14-,15-/m1/s1. The average Bonchev–Trinajstić information content (AvgIpc) is 2.99. The van der Waals surface area contributed by atoms with Crippen molar-refractivity contribution in [2.24, 2.45) is 17.8 Å². The van der Waals surface area contributed by atoms with Crippen molar-refractivity contribution in [2.45, 2.75) is 32.4 Å². The predicted molar refractivity (Wildman–Crippen MR) is 85.9 cm³/mol. The van der Waals surface area contributed by atoms with Crippen LogP contribution in [-0.4, -0.2) is 41.1 Å². The Morgan fingerprint density at radius 1 is 1.20 bits per heavy atom. The lowest BCUT2D eigenvalue weighted by Crippen LogP contribution is -2.34. The summed E-state index contributed by atoms with van der Waals surface area (Å²) in [6.45, 7) is 2.93. The third kappa shape index (κ3) is 4.52. The van der Waals surface area contributed by atoms with Crippen LogP contribution in [0.25, 0.3) is 0 Å². The molecule has 1 heterocycles. The van der Waals surface area contributed by atoms with E-state index in [4.69, 9.17) is 5.11 Å². The number of aliphatic carboxylic acids is 1. The molecule has 0 radical (unpaired) electrons. The molecule has 1 aliphatic rings. The molecule has 7 heteroatoms. The number of carboxylic acid groups (broad SMARTS) is 1. The van der Waals surface area contributed by atoms with Crippen molar-refractivity contribution in [3.8, 4) is 0 Å². The molecule has 1 fully saturated rings. The summed E-state index contributed by atoms with van der Waals surface area (Å²) in [7, 11) is 0. The van der Waals surface area contributed by atoms with Gasteiger partial charge >= 0.3 is 12.1 Å². The molecule has 138 valence electrons. The van der Waals surface area contributed by atoms with Crippen LogP contribution in [0.4, 0.5) is 13.2 Å². The van der Waals surface area contributed by atoms with Crippen LogP contribution in [0.3, 0.4) is 0 Å². The molecule has 2 rings (SSSR count). The van der Waals surface area contributed by atoms with E-state index in [-0.39, 0.29) is 18.3 Å². The van der Waals surface area contributed by atoms with Crippen molar-refractivity contribution in [3.63, 3.8) is 0 Å². The van der Waals surface area contributed by atoms with Gasteiger partial charge < -0.3 is 10.0 Å². The average molecular weight is 357 g/mol. The van der Waals surface area contributed by atoms with E-state index in [0.717, 1.165) is 10.5 Å². The highest BCUT2D eigenvalue weighted by Crippen LogP contribution is 2.38. The van der Waals surface area contributed by atoms with Gasteiger partial charge in [0.2, 0.25) is 5.91 Å². The van der Waals surface area contributed by atoms with Gasteiger partial charge in [-0.05, 0) is 17.4 Å². The Hall–Kier alpha value is -2.05. The Kier molecular flexibility index (Phi) is 5.75. The topological polar surface area (TPSA) is 57.6 Å². The first-order chi connectivity index (χ1) is 11.6. The van der Waals surface area contributed by atoms with Crippen molar-refractivity contribution < 1.29 is 27.9 Å². The largest absolute Gasteiger partial charge is 0.481 e. The quantitative estimate of drug-likeness (QED) is 0.877. The molecule has 1 amide bonds. The maximum Gasteiger partial charge on any atom is 0.394 e. The number of nitrogens with zero attached hydrogens (tertiary/aromatic N) is 1. The molecular formula is C18H22F3NO3. The van der Waals surface area contributed by atoms with E-state index in [0.29, 0.717) is 0 Å². The smallest absolute Gasteiger partial charge is 0.394 e. The van der Waals surface area contributed by atoms with Gasteiger partial charge in [0.05, 0.1) is 11.8 Å². The molecule has 1 N–H and O–H groups in total. The van der Waals surface area contributed by atoms with E-state index in [1.54, 1.807) is 0 Å². The molecule has 1 aromatic carbocycles. The Balaban J connectivity index is 2.13. The zero-order chi connectivity index (χ0) is 18.8. The van der Waals surface area contributed by atoms with Crippen LogP contribution in [0.5, 0.6) is 0 Å². The zero-order valence-electron chi connectivity index (χ0n) is 14.2. The second-order valence-corrected chi connectivity index (χ2v) is 6.86. The van der Waals surface area contributed by atoms with Gasteiger partial charge in [-0.25, -0.2) is 0 Å². The number of rotatable bonds is 5. The molecule has 0 saturated carbocycles. The van der Waals surface area contributed by atoms with Crippen molar-refractivity contribution in [1.82, 2.24) is 4.90 Å². The van der Waals surface area contributed by atoms with Gasteiger partial charge in [0, 0.05) is 19.5 Å². The van der Waals surface area contributed by atoms with E-state index in [1.165, 1.54) is 0 Å². The maximum absolute atomic E-state index is 13.1. The number of halogens is 3. The van der Waals surface area contributed by atoms with Crippen LogP contribution >= 0.6 is 0 Å². The van der Waals surface area contributed by atoms with E-state index in [9.17, 15) is 22.8 Å². The number of carbonyl (C=O) groups excluding carboxylic acids is 1. The van der Waals surface area contributed by atoms with Gasteiger partial charge in [-0.1, -0.05) is 44.2 Å². The van der Waals surface area contributed by atoms with Gasteiger partial charge in [-0.15, -0.1) is 0 Å². The monoisotopic (exact) mass is 357 g/mol. The minimum atomic E-state index is -4.63. The molecule has 0 aromatic heterocycles. The van der Waals surface area contributed by atoms with Crippen molar-refractivity contribution in [1.29, 1.82) is 0 Å². The summed E-state index contributed by atoms with van der Waals surface area (Å²) in [6.07, 6.45) is -4.56. The highest BCUT2D eigenvalue weighted by Gasteiger charge is 2.53. The lowest BCUT2D eigenvalue weighted by Gasteiger charge is -2.24. The lowest BCUT2D eigenvalue weighted by atomic mass is 9.85. The minimum absolute atomic E-state index is 0.0681. The van der Waals surface area contributed by atoms with Crippen LogP contribution in [0.1, 0.15) is 31.7 Å². The molecule has 0 bridgehead atoms. The highest BCUT2D eigenvalue weighted by molar-refractivity contribution is 5.79. The van der Waals surface area contributed by atoms with Crippen LogP contribution in [0, 0.1) is 17.8 Å². The van der Waals surface area contributed by atoms with E-state index >= 15 is 0 Å². The Morgan fingerprint density at radius 3 is 2.24 bits per heavy atom. The molecule has 1 saturated heterocycles. The van der Waals surface area contributed by atoms with Crippen LogP contribution in [0.2, 0.25) is 0 Å². The maximum atomic E-state index is 13.1. The van der Waals surface area contributed by atoms with Crippen molar-refractivity contribution >= 4 is 11.9 Å². The third-order valence-corrected chi connectivity index (χ3v) is 4.84. The fourth-order valence-electron chi connectivity index (χ4n) is 3.35. The number of hydrogen-bond donors (Lipinski definition) is 1. The number of likely N-dealkylation sites (tertiary alicyclic amines) is 1. The number of carbonyl (C=O) groups is 2. The summed E-state index contributed by atoms with van der Waals surface area (Å²) >= 11 is 0. The Labute approximate surface area is 144 Å². The number of carboxylic acids is 1. The minimum Gasteiger partial charge on any atom is -0.481 e. The molecule has 1 aromatic rings. The van der Waals surface area contributed by atoms with Crippen molar-refractivity contribution in [3.05, 3.63) is 35.9 Å². The molecule has 4 nitrogen and oxygen atoms in total. The summed E-state index contributed by atoms with van der Waals surface area (Å²) in [5, 5.41) is 9.06. The number of alkyl halides is 3. The SMILES string of the molecule is CC(C)C(CC(=O)N1C[C@@H](C(F)(F)F)[C@H](C(=O)O)C1)c1ccccc1. The third-order valence-electron chi connectivity index (χ3n) is 4.84. The Morgan fingerprint density at radius 2 is 1.80 bits per heavy atom. The van der Waals surface area contributed by atoms with Gasteiger partial charge in [0.1, 0.15) is 0 Å². The fraction of sp³-hybridized carbons (Fsp3) is 0.556. The van der Waals surface area contributed by atoms with Crippen LogP contribution in [-0.2, 0) is 9.59 Å². The van der Waals surface area contributed by atoms with Gasteiger partial charge in [-0.2, -0.15) is 13.2 Å². The first-order valence-corrected chi connectivity index (χ1v) is 8.23. The molecule has 1 unspecified atom stereocenters. The van der Waals surface area contributed by atoms with Gasteiger partial charge in [0.15, 0.2) is 0 Å². The molecule has 0 spiro atoms. The number of benzene rings is 1. The highest BCUT2D eigenvalue weighted by atomic mass is 19.4. The van der Waals surface area contributed by atoms with Crippen LogP contribution in [0.15, 0.2) is 30.3 Å². The van der Waals surface area contributed by atoms with Crippen molar-refractivity contribution in [2.75, 3.05) is 13.1 Å². The molecule has 25 heavy (non-hydrogen) atoms. The second-order valence-electron chi connectivity index (χ2n) is 6.86. The summed E-state index contributed by atoms with van der Waals surface area (Å²) in [6, 6.07) is 9.34. The van der Waals surface area contributed by atoms with E-state index in [1.807, 2.05) is 44.2 Å². The first-order valence-electron chi connectivity index (χ1n) is 8.23. The Bertz CT molecular complexity index is 616. The van der Waals surface area contributed by atoms with Gasteiger partial charge in [0.25, 0.3) is 0 Å². The molecule has 0 aliphatic carbocycles. The summed E-state index contributed by atoms with van der Waals surface area (Å²) in [5.41, 5.74) is 0.951. The predicted octanol–water partition coefficient (Wildman–Crippen LogP) is 3.54. The van der Waals surface area contributed by atoms with E-state index < -0.39 is 43.0 Å². The molecular weight excluding hydrogens is 335 g/mol. The number of amides is 1. The van der Waals surface area contributed by atoms with Crippen LogP contribution < -0.4 is 0 Å². The second kappa shape index (κ2) is 7.45. The lowest BCUT2D eigenvalue weighted by molar-refractivity contribution is -0.188. The summed E-state index contributed by atoms with van der Waals surface area (Å²) < 4.78 is 39.2. The summed E-state index contributed by atoms with van der Waals surface area (Å²) in [5.74, 6) is -5.55. The summed E-state index contributed by atoms with van der Waals surface area (Å²) in [4.78, 5) is 24.7. The van der Waals surface area contributed by atoms with E-state index in [2.05, 4.69) is 0 Å². The first kappa shape index (κ1) is 19.3. The normalized spacial score (nSPS) is 22.2. The molecule has 1 aliphatic heterocycles. The number of hydrogen-bond acceptors (Lipinski definition) is 2. The fourth-order valence-corrected chi connectivity index (χ4v) is 3.35. The zero-order valence-corrected chi connectivity index (χ0v) is 14.2.